The Balaban J connectivity index is 1.74. The number of aromatic nitrogens is 2. The Morgan fingerprint density at radius 3 is 2.50 bits per heavy atom. The minimum absolute atomic E-state index is 0.0680. The minimum atomic E-state index is -0.989. The summed E-state index contributed by atoms with van der Waals surface area (Å²) in [5.74, 6) is -2.15. The second-order valence-electron chi connectivity index (χ2n) is 8.58. The largest absolute Gasteiger partial charge is 0.507 e. The number of aromatic amines is 1. The Bertz CT molecular complexity index is 1520. The molecule has 0 saturated carbocycles. The molecule has 3 aromatic carbocycles. The fourth-order valence-electron chi connectivity index (χ4n) is 4.39. The van der Waals surface area contributed by atoms with E-state index < -0.39 is 23.5 Å². The second kappa shape index (κ2) is 8.84. The molecule has 2 heterocycles. The molecular formula is C27H23FN4O4. The Morgan fingerprint density at radius 1 is 1.08 bits per heavy atom. The van der Waals surface area contributed by atoms with Crippen LogP contribution in [0.25, 0.3) is 16.8 Å². The Kier molecular flexibility index (Phi) is 5.68. The first kappa shape index (κ1) is 23.1. The average molecular weight is 487 g/mol. The number of rotatable bonds is 5. The smallest absolute Gasteiger partial charge is 0.302 e. The number of para-hydroxylation sites is 1. The van der Waals surface area contributed by atoms with Crippen molar-refractivity contribution < 1.29 is 23.8 Å². The number of ketones is 1. The van der Waals surface area contributed by atoms with Crippen molar-refractivity contribution in [2.75, 3.05) is 31.0 Å². The number of methoxy groups -OCH3 is 1. The van der Waals surface area contributed by atoms with Gasteiger partial charge in [0.1, 0.15) is 17.3 Å². The zero-order chi connectivity index (χ0) is 25.6. The molecule has 5 rings (SSSR count). The minimum Gasteiger partial charge on any atom is -0.507 e. The van der Waals surface area contributed by atoms with Gasteiger partial charge in [0, 0.05) is 19.8 Å². The predicted molar refractivity (Wildman–Crippen MR) is 135 cm³/mol. The third-order valence-electron chi connectivity index (χ3n) is 6.19. The first-order valence-corrected chi connectivity index (χ1v) is 11.2. The Labute approximate surface area is 206 Å². The van der Waals surface area contributed by atoms with E-state index >= 15 is 0 Å². The first-order valence-electron chi connectivity index (χ1n) is 11.2. The molecule has 4 aromatic rings. The van der Waals surface area contributed by atoms with E-state index in [2.05, 4.69) is 9.97 Å². The van der Waals surface area contributed by atoms with Crippen molar-refractivity contribution in [3.05, 3.63) is 89.2 Å². The van der Waals surface area contributed by atoms with Crippen molar-refractivity contribution in [1.29, 1.82) is 0 Å². The van der Waals surface area contributed by atoms with Crippen LogP contribution in [0, 0.1) is 5.82 Å². The summed E-state index contributed by atoms with van der Waals surface area (Å²) in [4.78, 5) is 37.2. The topological polar surface area (TPSA) is 98.8 Å². The van der Waals surface area contributed by atoms with Gasteiger partial charge in [-0.3, -0.25) is 14.5 Å². The summed E-state index contributed by atoms with van der Waals surface area (Å²) in [5.41, 5.74) is 2.48. The highest BCUT2D eigenvalue weighted by Gasteiger charge is 2.48. The number of aliphatic hydroxyl groups excluding tert-OH is 1. The number of aliphatic hydroxyl groups is 1. The van der Waals surface area contributed by atoms with Gasteiger partial charge in [0.2, 0.25) is 5.95 Å². The van der Waals surface area contributed by atoms with E-state index in [0.29, 0.717) is 22.3 Å². The van der Waals surface area contributed by atoms with Crippen LogP contribution in [-0.4, -0.2) is 48.0 Å². The number of nitrogens with one attached hydrogen (secondary N) is 1. The SMILES string of the molecule is COc1ccccc1/C(O)=C1\C(=O)C(=O)N(c2nc3ccc(F)cc3[nH]2)C1c1ccc(N(C)C)cc1. The summed E-state index contributed by atoms with van der Waals surface area (Å²) in [6, 6.07) is 17.0. The fourth-order valence-corrected chi connectivity index (χ4v) is 4.39. The van der Waals surface area contributed by atoms with E-state index in [-0.39, 0.29) is 22.8 Å². The molecule has 1 atom stereocenters. The molecule has 1 aliphatic heterocycles. The van der Waals surface area contributed by atoms with Gasteiger partial charge in [-0.05, 0) is 48.0 Å². The maximum Gasteiger partial charge on any atom is 0.302 e. The molecule has 0 aliphatic carbocycles. The van der Waals surface area contributed by atoms with Gasteiger partial charge in [0.15, 0.2) is 0 Å². The third-order valence-corrected chi connectivity index (χ3v) is 6.19. The number of H-pyrrole nitrogens is 1. The van der Waals surface area contributed by atoms with Gasteiger partial charge in [-0.25, -0.2) is 9.37 Å². The van der Waals surface area contributed by atoms with E-state index in [0.717, 1.165) is 5.69 Å². The number of benzene rings is 3. The summed E-state index contributed by atoms with van der Waals surface area (Å²) < 4.78 is 19.2. The van der Waals surface area contributed by atoms with Crippen LogP contribution in [0.3, 0.4) is 0 Å². The lowest BCUT2D eigenvalue weighted by atomic mass is 9.95. The maximum atomic E-state index is 13.8. The van der Waals surface area contributed by atoms with Crippen molar-refractivity contribution >= 4 is 40.1 Å². The number of carbonyl (C=O) groups is 2. The van der Waals surface area contributed by atoms with Crippen LogP contribution in [0.2, 0.25) is 0 Å². The molecule has 1 aliphatic rings. The number of hydrogen-bond donors (Lipinski definition) is 2. The summed E-state index contributed by atoms with van der Waals surface area (Å²) in [6.07, 6.45) is 0. The highest BCUT2D eigenvalue weighted by Crippen LogP contribution is 2.43. The van der Waals surface area contributed by atoms with Crippen LogP contribution >= 0.6 is 0 Å². The third kappa shape index (κ3) is 3.74. The Hall–Kier alpha value is -4.66. The van der Waals surface area contributed by atoms with Crippen LogP contribution in [-0.2, 0) is 9.59 Å². The predicted octanol–water partition coefficient (Wildman–Crippen LogP) is 4.40. The molecule has 36 heavy (non-hydrogen) atoms. The number of halogens is 1. The molecule has 8 nitrogen and oxygen atoms in total. The number of anilines is 2. The lowest BCUT2D eigenvalue weighted by Crippen LogP contribution is -2.30. The average Bonchev–Trinajstić information content (AvgIpc) is 3.41. The highest BCUT2D eigenvalue weighted by atomic mass is 19.1. The van der Waals surface area contributed by atoms with Crippen molar-refractivity contribution in [3.63, 3.8) is 0 Å². The second-order valence-corrected chi connectivity index (χ2v) is 8.58. The summed E-state index contributed by atoms with van der Waals surface area (Å²) in [6.45, 7) is 0. The summed E-state index contributed by atoms with van der Waals surface area (Å²) >= 11 is 0. The molecule has 182 valence electrons. The molecule has 0 radical (unpaired) electrons. The molecular weight excluding hydrogens is 463 g/mol. The lowest BCUT2D eigenvalue weighted by molar-refractivity contribution is -0.132. The van der Waals surface area contributed by atoms with Crippen LogP contribution in [0.5, 0.6) is 5.75 Å². The van der Waals surface area contributed by atoms with Gasteiger partial charge in [-0.1, -0.05) is 24.3 Å². The van der Waals surface area contributed by atoms with Gasteiger partial charge in [-0.2, -0.15) is 0 Å². The summed E-state index contributed by atoms with van der Waals surface area (Å²) in [5, 5.41) is 11.3. The van der Waals surface area contributed by atoms with E-state index in [1.54, 1.807) is 36.4 Å². The number of hydrogen-bond acceptors (Lipinski definition) is 6. The lowest BCUT2D eigenvalue weighted by Gasteiger charge is -2.24. The molecule has 1 saturated heterocycles. The molecule has 1 amide bonds. The van der Waals surface area contributed by atoms with Crippen molar-refractivity contribution in [2.24, 2.45) is 0 Å². The number of ether oxygens (including phenoxy) is 1. The normalized spacial score (nSPS) is 17.1. The van der Waals surface area contributed by atoms with Crippen LogP contribution in [0.1, 0.15) is 17.2 Å². The Morgan fingerprint density at radius 2 is 1.81 bits per heavy atom. The zero-order valence-electron chi connectivity index (χ0n) is 19.8. The number of fused-ring (bicyclic) bond motifs is 1. The quantitative estimate of drug-likeness (QED) is 0.246. The number of imidazole rings is 1. The molecule has 0 bridgehead atoms. The van der Waals surface area contributed by atoms with Gasteiger partial charge >= 0.3 is 5.91 Å². The molecule has 0 spiro atoms. The number of nitrogens with zero attached hydrogens (tertiary/aromatic N) is 3. The van der Waals surface area contributed by atoms with Crippen molar-refractivity contribution in [1.82, 2.24) is 9.97 Å². The number of amides is 1. The van der Waals surface area contributed by atoms with Gasteiger partial charge in [0.25, 0.3) is 5.78 Å². The van der Waals surface area contributed by atoms with Gasteiger partial charge in [0.05, 0.1) is 35.3 Å². The van der Waals surface area contributed by atoms with Crippen LogP contribution in [0.15, 0.2) is 72.3 Å². The van der Waals surface area contributed by atoms with E-state index in [1.807, 2.05) is 31.1 Å². The van der Waals surface area contributed by atoms with Crippen molar-refractivity contribution in [2.45, 2.75) is 6.04 Å². The van der Waals surface area contributed by atoms with E-state index in [9.17, 15) is 19.1 Å². The zero-order valence-corrected chi connectivity index (χ0v) is 19.8. The van der Waals surface area contributed by atoms with Gasteiger partial charge in [-0.15, -0.1) is 0 Å². The monoisotopic (exact) mass is 486 g/mol. The molecule has 1 fully saturated rings. The number of carbonyl (C=O) groups excluding carboxylic acids is 2. The molecule has 1 unspecified atom stereocenters. The fraction of sp³-hybridized carbons (Fsp3) is 0.148. The standard InChI is InChI=1S/C27H23FN4O4/c1-31(2)17-11-8-15(9-12-17)23-22(24(33)18-6-4-5-7-21(18)36-3)25(34)26(35)32(23)27-29-19-13-10-16(28)14-20(19)30-27/h4-14,23,33H,1-3H3,(H,29,30)/b24-22+. The highest BCUT2D eigenvalue weighted by molar-refractivity contribution is 6.51. The first-order chi connectivity index (χ1) is 17.3. The molecule has 9 heteroatoms. The maximum absolute atomic E-state index is 13.8. The van der Waals surface area contributed by atoms with E-state index in [1.165, 1.54) is 30.2 Å². The van der Waals surface area contributed by atoms with Crippen LogP contribution < -0.4 is 14.5 Å². The van der Waals surface area contributed by atoms with Crippen LogP contribution in [0.4, 0.5) is 16.0 Å². The van der Waals surface area contributed by atoms with E-state index in [4.69, 9.17) is 4.74 Å². The molecule has 2 N–H and O–H groups in total. The molecule has 1 aromatic heterocycles. The summed E-state index contributed by atoms with van der Waals surface area (Å²) in [7, 11) is 5.25. The van der Waals surface area contributed by atoms with Crippen molar-refractivity contribution in [3.8, 4) is 5.75 Å². The number of Topliss-reactive ketones (excluding diaryl/α,β-unsaturated/α-hetero) is 1. The van der Waals surface area contributed by atoms with Gasteiger partial charge < -0.3 is 19.7 Å².